The number of nitrogens with one attached hydrogen (secondary N) is 1. The number of morpholine rings is 1. The summed E-state index contributed by atoms with van der Waals surface area (Å²) in [6, 6.07) is 6.49. The summed E-state index contributed by atoms with van der Waals surface area (Å²) in [5.74, 6) is -0.00707. The van der Waals surface area contributed by atoms with Crippen LogP contribution in [0.15, 0.2) is 23.6 Å². The predicted octanol–water partition coefficient (Wildman–Crippen LogP) is 4.09. The van der Waals surface area contributed by atoms with Gasteiger partial charge in [0.15, 0.2) is 0 Å². The quantitative estimate of drug-likeness (QED) is 0.682. The first kappa shape index (κ1) is 19.5. The summed E-state index contributed by atoms with van der Waals surface area (Å²) < 4.78 is 5.50. The number of nitrogens with zero attached hydrogens (tertiary/aromatic N) is 2. The van der Waals surface area contributed by atoms with Gasteiger partial charge in [0.2, 0.25) is 0 Å². The number of carbonyl (C=O) groups is 1. The molecule has 0 aliphatic carbocycles. The van der Waals surface area contributed by atoms with E-state index in [0.29, 0.717) is 6.54 Å². The molecule has 0 radical (unpaired) electrons. The Morgan fingerprint density at radius 1 is 1.32 bits per heavy atom. The fourth-order valence-corrected chi connectivity index (χ4v) is 5.97. The Hall–Kier alpha value is -1.80. The molecule has 0 saturated carbocycles. The van der Waals surface area contributed by atoms with E-state index in [0.717, 1.165) is 52.7 Å². The van der Waals surface area contributed by atoms with Crippen molar-refractivity contribution in [3.63, 3.8) is 0 Å². The topological polar surface area (TPSA) is 54.5 Å². The van der Waals surface area contributed by atoms with Crippen molar-refractivity contribution in [2.24, 2.45) is 0 Å². The van der Waals surface area contributed by atoms with Crippen LogP contribution in [0, 0.1) is 20.8 Å². The number of ether oxygens (including phenoxy) is 1. The van der Waals surface area contributed by atoms with Gasteiger partial charge in [0, 0.05) is 35.6 Å². The van der Waals surface area contributed by atoms with Crippen LogP contribution in [0.1, 0.15) is 37.4 Å². The second-order valence-corrected chi connectivity index (χ2v) is 9.18. The predicted molar refractivity (Wildman–Crippen MR) is 116 cm³/mol. The molecule has 1 aliphatic heterocycles. The van der Waals surface area contributed by atoms with Gasteiger partial charge in [-0.3, -0.25) is 9.69 Å². The Morgan fingerprint density at radius 3 is 2.82 bits per heavy atom. The number of amides is 1. The number of pyridine rings is 1. The molecular formula is C21H25N3O2S2. The summed E-state index contributed by atoms with van der Waals surface area (Å²) in [4.78, 5) is 23.0. The van der Waals surface area contributed by atoms with Gasteiger partial charge in [-0.2, -0.15) is 0 Å². The van der Waals surface area contributed by atoms with E-state index < -0.39 is 0 Å². The smallest absolute Gasteiger partial charge is 0.261 e. The minimum Gasteiger partial charge on any atom is -0.379 e. The van der Waals surface area contributed by atoms with Gasteiger partial charge >= 0.3 is 0 Å². The molecule has 3 aromatic heterocycles. The first-order chi connectivity index (χ1) is 13.5. The zero-order chi connectivity index (χ0) is 19.7. The highest BCUT2D eigenvalue weighted by atomic mass is 32.1. The Labute approximate surface area is 173 Å². The fourth-order valence-electron chi connectivity index (χ4n) is 3.89. The number of aromatic nitrogens is 1. The van der Waals surface area contributed by atoms with Gasteiger partial charge in [-0.05, 0) is 49.4 Å². The van der Waals surface area contributed by atoms with E-state index in [1.54, 1.807) is 11.3 Å². The Balaban J connectivity index is 1.55. The van der Waals surface area contributed by atoms with Crippen LogP contribution in [0.5, 0.6) is 0 Å². The first-order valence-electron chi connectivity index (χ1n) is 9.55. The van der Waals surface area contributed by atoms with E-state index in [4.69, 9.17) is 4.74 Å². The molecule has 1 fully saturated rings. The minimum atomic E-state index is -0.00707. The third-order valence-corrected chi connectivity index (χ3v) is 7.40. The zero-order valence-electron chi connectivity index (χ0n) is 16.4. The molecule has 1 amide bonds. The molecule has 1 saturated heterocycles. The molecule has 3 aromatic rings. The van der Waals surface area contributed by atoms with Crippen LogP contribution in [0.2, 0.25) is 0 Å². The number of carbonyl (C=O) groups excluding carboxylic acids is 1. The zero-order valence-corrected chi connectivity index (χ0v) is 18.1. The lowest BCUT2D eigenvalue weighted by atomic mass is 10.1. The van der Waals surface area contributed by atoms with E-state index in [9.17, 15) is 4.79 Å². The monoisotopic (exact) mass is 415 g/mol. The molecule has 28 heavy (non-hydrogen) atoms. The maximum Gasteiger partial charge on any atom is 0.261 e. The molecule has 4 heterocycles. The van der Waals surface area contributed by atoms with Crippen molar-refractivity contribution in [2.75, 3.05) is 32.8 Å². The molecule has 1 N–H and O–H groups in total. The van der Waals surface area contributed by atoms with Crippen molar-refractivity contribution in [1.82, 2.24) is 15.2 Å². The van der Waals surface area contributed by atoms with Crippen molar-refractivity contribution < 1.29 is 9.53 Å². The van der Waals surface area contributed by atoms with E-state index in [1.165, 1.54) is 21.8 Å². The second kappa shape index (κ2) is 8.29. The summed E-state index contributed by atoms with van der Waals surface area (Å²) in [6.07, 6.45) is 0. The van der Waals surface area contributed by atoms with Crippen molar-refractivity contribution >= 4 is 38.8 Å². The van der Waals surface area contributed by atoms with Crippen molar-refractivity contribution in [3.05, 3.63) is 50.2 Å². The molecule has 1 aliphatic rings. The van der Waals surface area contributed by atoms with Crippen LogP contribution in [0.4, 0.5) is 0 Å². The van der Waals surface area contributed by atoms with Crippen LogP contribution < -0.4 is 5.32 Å². The Bertz CT molecular complexity index is 975. The largest absolute Gasteiger partial charge is 0.379 e. The molecule has 0 bridgehead atoms. The van der Waals surface area contributed by atoms with Crippen LogP contribution in [0.25, 0.3) is 10.2 Å². The third kappa shape index (κ3) is 3.85. The van der Waals surface area contributed by atoms with Gasteiger partial charge in [0.1, 0.15) is 4.83 Å². The molecule has 148 valence electrons. The summed E-state index contributed by atoms with van der Waals surface area (Å²) >= 11 is 3.23. The maximum atomic E-state index is 13.0. The lowest BCUT2D eigenvalue weighted by Crippen LogP contribution is -2.43. The van der Waals surface area contributed by atoms with Crippen molar-refractivity contribution in [1.29, 1.82) is 0 Å². The SMILES string of the molecule is Cc1cc(C)c2c(C)c(C(=O)NC[C@H](c3cccs3)N3CCOCC3)sc2n1. The van der Waals surface area contributed by atoms with Gasteiger partial charge < -0.3 is 10.1 Å². The number of aryl methyl sites for hydroxylation is 3. The lowest BCUT2D eigenvalue weighted by molar-refractivity contribution is 0.0169. The van der Waals surface area contributed by atoms with Gasteiger partial charge in [-0.1, -0.05) is 6.07 Å². The Kier molecular flexibility index (Phi) is 5.78. The molecule has 0 spiro atoms. The minimum absolute atomic E-state index is 0.00707. The third-order valence-electron chi connectivity index (χ3n) is 5.25. The van der Waals surface area contributed by atoms with E-state index >= 15 is 0 Å². The van der Waals surface area contributed by atoms with Gasteiger partial charge in [0.25, 0.3) is 5.91 Å². The molecule has 7 heteroatoms. The van der Waals surface area contributed by atoms with Crippen molar-refractivity contribution in [3.8, 4) is 0 Å². The molecule has 0 unspecified atom stereocenters. The second-order valence-electron chi connectivity index (χ2n) is 7.21. The van der Waals surface area contributed by atoms with E-state index in [-0.39, 0.29) is 11.9 Å². The Morgan fingerprint density at radius 2 is 2.11 bits per heavy atom. The highest BCUT2D eigenvalue weighted by Crippen LogP contribution is 2.32. The molecule has 4 rings (SSSR count). The average molecular weight is 416 g/mol. The standard InChI is InChI=1S/C21H25N3O2S2/c1-13-11-14(2)23-21-18(13)15(3)19(28-21)20(25)22-12-16(17-5-4-10-27-17)24-6-8-26-9-7-24/h4-5,10-11,16H,6-9,12H2,1-3H3,(H,22,25)/t16-/m1/s1. The molecular weight excluding hydrogens is 390 g/mol. The van der Waals surface area contributed by atoms with E-state index in [2.05, 4.69) is 45.7 Å². The van der Waals surface area contributed by atoms with Crippen molar-refractivity contribution in [2.45, 2.75) is 26.8 Å². The van der Waals surface area contributed by atoms with Crippen LogP contribution in [0.3, 0.4) is 0 Å². The first-order valence-corrected chi connectivity index (χ1v) is 11.2. The van der Waals surface area contributed by atoms with Crippen LogP contribution in [-0.4, -0.2) is 48.6 Å². The summed E-state index contributed by atoms with van der Waals surface area (Å²) in [7, 11) is 0. The number of fused-ring (bicyclic) bond motifs is 1. The summed E-state index contributed by atoms with van der Waals surface area (Å²) in [5.41, 5.74) is 3.20. The number of hydrogen-bond acceptors (Lipinski definition) is 6. The van der Waals surface area contributed by atoms with E-state index in [1.807, 2.05) is 13.8 Å². The molecule has 5 nitrogen and oxygen atoms in total. The van der Waals surface area contributed by atoms with Gasteiger partial charge in [-0.15, -0.1) is 22.7 Å². The number of hydrogen-bond donors (Lipinski definition) is 1. The average Bonchev–Trinajstić information content (AvgIpc) is 3.31. The van der Waals surface area contributed by atoms with Crippen LogP contribution in [-0.2, 0) is 4.74 Å². The summed E-state index contributed by atoms with van der Waals surface area (Å²) in [5, 5.41) is 6.40. The molecule has 1 atom stereocenters. The highest BCUT2D eigenvalue weighted by molar-refractivity contribution is 7.20. The fraction of sp³-hybridized carbons (Fsp3) is 0.429. The number of rotatable bonds is 5. The maximum absolute atomic E-state index is 13.0. The van der Waals surface area contributed by atoms with Gasteiger partial charge in [0.05, 0.1) is 24.1 Å². The number of thiophene rings is 2. The molecule has 0 aromatic carbocycles. The normalized spacial score (nSPS) is 16.4. The highest BCUT2D eigenvalue weighted by Gasteiger charge is 2.25. The lowest BCUT2D eigenvalue weighted by Gasteiger charge is -2.34. The van der Waals surface area contributed by atoms with Crippen LogP contribution >= 0.6 is 22.7 Å². The summed E-state index contributed by atoms with van der Waals surface area (Å²) in [6.45, 7) is 9.98. The van der Waals surface area contributed by atoms with Gasteiger partial charge in [-0.25, -0.2) is 4.98 Å².